The third-order valence-corrected chi connectivity index (χ3v) is 5.46. The Morgan fingerprint density at radius 1 is 1.10 bits per heavy atom. The van der Waals surface area contributed by atoms with Gasteiger partial charge in [-0.2, -0.15) is 4.99 Å². The van der Waals surface area contributed by atoms with Gasteiger partial charge in [0.05, 0.1) is 22.3 Å². The lowest BCUT2D eigenvalue weighted by Gasteiger charge is -2.08. The zero-order valence-corrected chi connectivity index (χ0v) is 16.8. The van der Waals surface area contributed by atoms with E-state index in [-0.39, 0.29) is 0 Å². The first-order valence-electron chi connectivity index (χ1n) is 8.79. The van der Waals surface area contributed by atoms with Gasteiger partial charge in [0.15, 0.2) is 4.80 Å². The predicted octanol–water partition coefficient (Wildman–Crippen LogP) is 5.52. The minimum Gasteiger partial charge on any atom is -0.457 e. The molecule has 0 saturated heterocycles. The Morgan fingerprint density at radius 2 is 1.86 bits per heavy atom. The van der Waals surface area contributed by atoms with E-state index in [0.29, 0.717) is 33.4 Å². The topological polar surface area (TPSA) is 43.6 Å². The summed E-state index contributed by atoms with van der Waals surface area (Å²) in [4.78, 5) is 17.8. The average molecular weight is 419 g/mol. The number of rotatable bonds is 4. The second kappa shape index (κ2) is 8.36. The molecule has 0 fully saturated rings. The molecule has 29 heavy (non-hydrogen) atoms. The van der Waals surface area contributed by atoms with Gasteiger partial charge in [0.25, 0.3) is 5.91 Å². The Balaban J connectivity index is 1.78. The SMILES string of the molecule is C#CCn1c(=NC(=O)c2ccccc2Oc2ccccc2)sc2cc(Cl)ccc21. The molecule has 6 heteroatoms. The van der Waals surface area contributed by atoms with E-state index < -0.39 is 5.91 Å². The summed E-state index contributed by atoms with van der Waals surface area (Å²) in [6.45, 7) is 0.301. The van der Waals surface area contributed by atoms with Gasteiger partial charge in [-0.05, 0) is 42.5 Å². The molecule has 0 atom stereocenters. The first-order valence-corrected chi connectivity index (χ1v) is 9.98. The van der Waals surface area contributed by atoms with Crippen molar-refractivity contribution in [2.75, 3.05) is 0 Å². The Labute approximate surface area is 176 Å². The van der Waals surface area contributed by atoms with Crippen LogP contribution in [0.1, 0.15) is 10.4 Å². The van der Waals surface area contributed by atoms with Gasteiger partial charge in [0, 0.05) is 5.02 Å². The molecule has 4 nitrogen and oxygen atoms in total. The van der Waals surface area contributed by atoms with Crippen molar-refractivity contribution >= 4 is 39.1 Å². The van der Waals surface area contributed by atoms with Crippen molar-refractivity contribution in [2.24, 2.45) is 4.99 Å². The minimum absolute atomic E-state index is 0.301. The molecule has 4 rings (SSSR count). The normalized spacial score (nSPS) is 11.4. The number of hydrogen-bond donors (Lipinski definition) is 0. The van der Waals surface area contributed by atoms with Crippen molar-refractivity contribution in [3.05, 3.63) is 88.2 Å². The highest BCUT2D eigenvalue weighted by Gasteiger charge is 2.14. The summed E-state index contributed by atoms with van der Waals surface area (Å²) in [5, 5.41) is 0.617. The van der Waals surface area contributed by atoms with Crippen molar-refractivity contribution in [3.8, 4) is 23.8 Å². The molecule has 0 saturated carbocycles. The van der Waals surface area contributed by atoms with Crippen LogP contribution in [0.25, 0.3) is 10.2 Å². The molecule has 0 radical (unpaired) electrons. The molecule has 0 aliphatic rings. The molecule has 1 aromatic heterocycles. The summed E-state index contributed by atoms with van der Waals surface area (Å²) >= 11 is 7.47. The number of ether oxygens (including phenoxy) is 1. The largest absolute Gasteiger partial charge is 0.457 e. The second-order valence-electron chi connectivity index (χ2n) is 6.12. The summed E-state index contributed by atoms with van der Waals surface area (Å²) in [5.41, 5.74) is 1.26. The average Bonchev–Trinajstić information content (AvgIpc) is 3.05. The van der Waals surface area contributed by atoms with E-state index >= 15 is 0 Å². The van der Waals surface area contributed by atoms with Gasteiger partial charge in [0.1, 0.15) is 11.5 Å². The van der Waals surface area contributed by atoms with E-state index in [9.17, 15) is 4.79 Å². The summed E-state index contributed by atoms with van der Waals surface area (Å²) in [7, 11) is 0. The third-order valence-electron chi connectivity index (χ3n) is 4.18. The summed E-state index contributed by atoms with van der Waals surface area (Å²) in [6.07, 6.45) is 5.52. The van der Waals surface area contributed by atoms with Crippen molar-refractivity contribution in [1.82, 2.24) is 4.57 Å². The molecule has 142 valence electrons. The number of carbonyl (C=O) groups excluding carboxylic acids is 1. The molecular formula is C23H15ClN2O2S. The Kier molecular flexibility index (Phi) is 5.48. The second-order valence-corrected chi connectivity index (χ2v) is 7.56. The summed E-state index contributed by atoms with van der Waals surface area (Å²) in [6, 6.07) is 21.8. The van der Waals surface area contributed by atoms with E-state index in [1.807, 2.05) is 53.1 Å². The maximum absolute atomic E-state index is 13.0. The van der Waals surface area contributed by atoms with Crippen LogP contribution < -0.4 is 9.54 Å². The first-order chi connectivity index (χ1) is 14.2. The van der Waals surface area contributed by atoms with Crippen LogP contribution in [0.3, 0.4) is 0 Å². The number of benzene rings is 3. The molecule has 0 N–H and O–H groups in total. The number of terminal acetylenes is 1. The van der Waals surface area contributed by atoms with Crippen LogP contribution in [-0.2, 0) is 6.54 Å². The number of carbonyl (C=O) groups is 1. The van der Waals surface area contributed by atoms with Crippen molar-refractivity contribution in [1.29, 1.82) is 0 Å². The third kappa shape index (κ3) is 4.09. The molecule has 0 aliphatic heterocycles. The first kappa shape index (κ1) is 19.0. The van der Waals surface area contributed by atoms with E-state index in [0.717, 1.165) is 10.2 Å². The zero-order valence-electron chi connectivity index (χ0n) is 15.2. The molecule has 4 aromatic rings. The highest BCUT2D eigenvalue weighted by molar-refractivity contribution is 7.16. The van der Waals surface area contributed by atoms with Gasteiger partial charge in [-0.25, -0.2) is 0 Å². The van der Waals surface area contributed by atoms with Crippen LogP contribution in [0.15, 0.2) is 77.8 Å². The molecule has 3 aromatic carbocycles. The molecule has 1 heterocycles. The van der Waals surface area contributed by atoms with E-state index in [1.165, 1.54) is 11.3 Å². The Bertz CT molecular complexity index is 1300. The number of hydrogen-bond acceptors (Lipinski definition) is 3. The number of amides is 1. The van der Waals surface area contributed by atoms with Crippen LogP contribution in [0.4, 0.5) is 0 Å². The van der Waals surface area contributed by atoms with Crippen molar-refractivity contribution < 1.29 is 9.53 Å². The Morgan fingerprint density at radius 3 is 2.66 bits per heavy atom. The molecule has 0 bridgehead atoms. The molecular weight excluding hydrogens is 404 g/mol. The standard InChI is InChI=1S/C23H15ClN2O2S/c1-2-14-26-19-13-12-16(24)15-21(19)29-23(26)25-22(27)18-10-6-7-11-20(18)28-17-8-4-3-5-9-17/h1,3-13,15H,14H2. The van der Waals surface area contributed by atoms with Crippen LogP contribution in [-0.4, -0.2) is 10.5 Å². The fourth-order valence-electron chi connectivity index (χ4n) is 2.87. The predicted molar refractivity (Wildman–Crippen MR) is 117 cm³/mol. The van der Waals surface area contributed by atoms with Crippen molar-refractivity contribution in [2.45, 2.75) is 6.54 Å². The molecule has 0 unspecified atom stereocenters. The number of fused-ring (bicyclic) bond motifs is 1. The summed E-state index contributed by atoms with van der Waals surface area (Å²) < 4.78 is 8.63. The highest BCUT2D eigenvalue weighted by atomic mass is 35.5. The fourth-order valence-corrected chi connectivity index (χ4v) is 4.18. The smallest absolute Gasteiger partial charge is 0.283 e. The number of para-hydroxylation sites is 2. The number of nitrogens with zero attached hydrogens (tertiary/aromatic N) is 2. The molecule has 1 amide bonds. The fraction of sp³-hybridized carbons (Fsp3) is 0.0435. The van der Waals surface area contributed by atoms with Gasteiger partial charge in [-0.15, -0.1) is 6.42 Å². The van der Waals surface area contributed by atoms with Crippen molar-refractivity contribution in [3.63, 3.8) is 0 Å². The van der Waals surface area contributed by atoms with Gasteiger partial charge in [-0.1, -0.05) is 59.2 Å². The van der Waals surface area contributed by atoms with Gasteiger partial charge < -0.3 is 9.30 Å². The van der Waals surface area contributed by atoms with Crippen LogP contribution in [0.2, 0.25) is 5.02 Å². The maximum Gasteiger partial charge on any atom is 0.283 e. The Hall–Kier alpha value is -3.33. The monoisotopic (exact) mass is 418 g/mol. The number of thiazole rings is 1. The maximum atomic E-state index is 13.0. The number of aromatic nitrogens is 1. The van der Waals surface area contributed by atoms with E-state index in [1.54, 1.807) is 24.3 Å². The molecule has 0 spiro atoms. The van der Waals surface area contributed by atoms with Crippen LogP contribution in [0, 0.1) is 12.3 Å². The number of halogens is 1. The summed E-state index contributed by atoms with van der Waals surface area (Å²) in [5.74, 6) is 3.30. The van der Waals surface area contributed by atoms with Crippen LogP contribution >= 0.6 is 22.9 Å². The van der Waals surface area contributed by atoms with E-state index in [4.69, 9.17) is 22.8 Å². The van der Waals surface area contributed by atoms with Gasteiger partial charge >= 0.3 is 0 Å². The van der Waals surface area contributed by atoms with Gasteiger partial charge in [0.2, 0.25) is 0 Å². The van der Waals surface area contributed by atoms with Gasteiger partial charge in [-0.3, -0.25) is 4.79 Å². The lowest BCUT2D eigenvalue weighted by Crippen LogP contribution is -2.16. The quantitative estimate of drug-likeness (QED) is 0.409. The lowest BCUT2D eigenvalue weighted by atomic mass is 10.2. The highest BCUT2D eigenvalue weighted by Crippen LogP contribution is 2.26. The van der Waals surface area contributed by atoms with Crippen LogP contribution in [0.5, 0.6) is 11.5 Å². The molecule has 0 aliphatic carbocycles. The minimum atomic E-state index is -0.403. The zero-order chi connectivity index (χ0) is 20.2. The van der Waals surface area contributed by atoms with E-state index in [2.05, 4.69) is 10.9 Å². The lowest BCUT2D eigenvalue weighted by molar-refractivity contribution is 0.0995.